The van der Waals surface area contributed by atoms with Crippen molar-refractivity contribution in [2.45, 2.75) is 19.3 Å². The summed E-state index contributed by atoms with van der Waals surface area (Å²) in [7, 11) is 1.64. The van der Waals surface area contributed by atoms with Crippen LogP contribution >= 0.6 is 43.2 Å². The average molecular weight is 548 g/mol. The molecule has 1 amide bonds. The lowest BCUT2D eigenvalue weighted by Crippen LogP contribution is -2.25. The molecule has 0 aliphatic carbocycles. The predicted molar refractivity (Wildman–Crippen MR) is 125 cm³/mol. The molecule has 6 nitrogen and oxygen atoms in total. The third-order valence-electron chi connectivity index (χ3n) is 5.20. The Balaban J connectivity index is 1.65. The summed E-state index contributed by atoms with van der Waals surface area (Å²) in [5, 5.41) is 8.50. The molecule has 1 aliphatic rings. The van der Waals surface area contributed by atoms with Gasteiger partial charge in [0.25, 0.3) is 0 Å². The fourth-order valence-electron chi connectivity index (χ4n) is 3.85. The summed E-state index contributed by atoms with van der Waals surface area (Å²) in [6, 6.07) is 11.9. The van der Waals surface area contributed by atoms with Gasteiger partial charge in [-0.05, 0) is 58.7 Å². The highest BCUT2D eigenvalue weighted by Crippen LogP contribution is 2.42. The Kier molecular flexibility index (Phi) is 4.91. The van der Waals surface area contributed by atoms with Crippen molar-refractivity contribution in [2.24, 2.45) is 0 Å². The van der Waals surface area contributed by atoms with Crippen LogP contribution < -0.4 is 10.1 Å². The first-order valence-corrected chi connectivity index (χ1v) is 11.6. The molecule has 4 aromatic rings. The molecule has 1 aliphatic heterocycles. The van der Waals surface area contributed by atoms with Crippen LogP contribution in [0.25, 0.3) is 15.3 Å². The summed E-state index contributed by atoms with van der Waals surface area (Å²) >= 11 is 8.60. The van der Waals surface area contributed by atoms with Crippen molar-refractivity contribution in [3.8, 4) is 10.9 Å². The number of rotatable bonds is 3. The quantitative estimate of drug-likeness (QED) is 0.352. The lowest BCUT2D eigenvalue weighted by atomic mass is 9.86. The lowest BCUT2D eigenvalue weighted by Gasteiger charge is -2.24. The molecule has 0 radical (unpaired) electrons. The number of thiazole rings is 1. The van der Waals surface area contributed by atoms with E-state index in [4.69, 9.17) is 14.8 Å². The Morgan fingerprint density at radius 1 is 1.23 bits per heavy atom. The van der Waals surface area contributed by atoms with Gasteiger partial charge in [0.1, 0.15) is 11.6 Å². The largest absolute Gasteiger partial charge is 0.496 e. The molecule has 1 atom stereocenters. The summed E-state index contributed by atoms with van der Waals surface area (Å²) in [5.74, 6) is 1.32. The highest BCUT2D eigenvalue weighted by atomic mass is 79.9. The number of benzene rings is 2. The van der Waals surface area contributed by atoms with Crippen LogP contribution in [0.2, 0.25) is 0 Å². The van der Waals surface area contributed by atoms with Crippen LogP contribution in [-0.2, 0) is 4.79 Å². The van der Waals surface area contributed by atoms with E-state index in [1.165, 1.54) is 0 Å². The van der Waals surface area contributed by atoms with Crippen molar-refractivity contribution in [1.29, 1.82) is 0 Å². The number of halogens is 2. The van der Waals surface area contributed by atoms with Gasteiger partial charge in [0.05, 0.1) is 27.5 Å². The van der Waals surface area contributed by atoms with Crippen molar-refractivity contribution in [2.75, 3.05) is 12.4 Å². The SMILES string of the molecule is COc1ccc([C@@H]2CC(=O)Nc3c2c(C)nn3-c2nc3ccc(Br)cc3s2)cc1Br. The number of hydrogen-bond acceptors (Lipinski definition) is 5. The lowest BCUT2D eigenvalue weighted by molar-refractivity contribution is -0.116. The van der Waals surface area contributed by atoms with Crippen molar-refractivity contribution in [3.63, 3.8) is 0 Å². The molecule has 3 heterocycles. The molecule has 1 N–H and O–H groups in total. The zero-order valence-corrected chi connectivity index (χ0v) is 20.1. The number of aryl methyl sites for hydroxylation is 1. The highest BCUT2D eigenvalue weighted by molar-refractivity contribution is 9.10. The number of methoxy groups -OCH3 is 1. The van der Waals surface area contributed by atoms with Crippen molar-refractivity contribution < 1.29 is 9.53 Å². The van der Waals surface area contributed by atoms with E-state index in [0.717, 1.165) is 46.9 Å². The Hall–Kier alpha value is -2.23. The van der Waals surface area contributed by atoms with Gasteiger partial charge in [-0.15, -0.1) is 0 Å². The molecule has 152 valence electrons. The normalized spacial score (nSPS) is 15.9. The van der Waals surface area contributed by atoms with E-state index in [2.05, 4.69) is 37.2 Å². The second kappa shape index (κ2) is 7.47. The van der Waals surface area contributed by atoms with Crippen LogP contribution in [0.5, 0.6) is 5.75 Å². The van der Waals surface area contributed by atoms with Gasteiger partial charge in [0.15, 0.2) is 0 Å². The van der Waals surface area contributed by atoms with E-state index < -0.39 is 0 Å². The number of anilines is 1. The molecule has 0 saturated carbocycles. The monoisotopic (exact) mass is 546 g/mol. The summed E-state index contributed by atoms with van der Waals surface area (Å²) in [6.07, 6.45) is 0.366. The first-order valence-electron chi connectivity index (χ1n) is 9.24. The summed E-state index contributed by atoms with van der Waals surface area (Å²) < 4.78 is 10.0. The van der Waals surface area contributed by atoms with Gasteiger partial charge in [-0.1, -0.05) is 33.3 Å². The van der Waals surface area contributed by atoms with Gasteiger partial charge in [0.2, 0.25) is 11.0 Å². The Morgan fingerprint density at radius 3 is 2.83 bits per heavy atom. The number of aromatic nitrogens is 3. The Morgan fingerprint density at radius 2 is 2.07 bits per heavy atom. The topological polar surface area (TPSA) is 69.0 Å². The predicted octanol–water partition coefficient (Wildman–Crippen LogP) is 5.80. The van der Waals surface area contributed by atoms with E-state index in [9.17, 15) is 4.79 Å². The minimum Gasteiger partial charge on any atom is -0.496 e. The number of hydrogen-bond donors (Lipinski definition) is 1. The second-order valence-corrected chi connectivity index (χ2v) is 9.85. The van der Waals surface area contributed by atoms with Gasteiger partial charge < -0.3 is 10.1 Å². The third-order valence-corrected chi connectivity index (χ3v) is 7.31. The van der Waals surface area contributed by atoms with Crippen LogP contribution in [0, 0.1) is 6.92 Å². The zero-order chi connectivity index (χ0) is 21.0. The first kappa shape index (κ1) is 19.7. The molecule has 9 heteroatoms. The van der Waals surface area contributed by atoms with E-state index >= 15 is 0 Å². The average Bonchev–Trinajstić information content (AvgIpc) is 3.27. The molecule has 5 rings (SSSR count). The highest BCUT2D eigenvalue weighted by Gasteiger charge is 2.33. The summed E-state index contributed by atoms with van der Waals surface area (Å²) in [6.45, 7) is 1.97. The van der Waals surface area contributed by atoms with Gasteiger partial charge in [-0.2, -0.15) is 9.78 Å². The molecule has 0 fully saturated rings. The molecular formula is C21H16Br2N4O2S. The van der Waals surface area contributed by atoms with Crippen LogP contribution in [0.3, 0.4) is 0 Å². The number of fused-ring (bicyclic) bond motifs is 2. The van der Waals surface area contributed by atoms with Gasteiger partial charge >= 0.3 is 0 Å². The Labute approximate surface area is 193 Å². The maximum atomic E-state index is 12.6. The molecule has 0 unspecified atom stereocenters. The zero-order valence-electron chi connectivity index (χ0n) is 16.1. The first-order chi connectivity index (χ1) is 14.4. The van der Waals surface area contributed by atoms with Crippen LogP contribution in [0.4, 0.5) is 5.82 Å². The number of nitrogens with one attached hydrogen (secondary N) is 1. The molecule has 2 aromatic carbocycles. The smallest absolute Gasteiger partial charge is 0.226 e. The minimum absolute atomic E-state index is 0.0375. The van der Waals surface area contributed by atoms with E-state index in [-0.39, 0.29) is 11.8 Å². The fourth-order valence-corrected chi connectivity index (χ4v) is 5.88. The summed E-state index contributed by atoms with van der Waals surface area (Å²) in [5.41, 5.74) is 3.84. The van der Waals surface area contributed by atoms with E-state index in [0.29, 0.717) is 12.2 Å². The van der Waals surface area contributed by atoms with E-state index in [1.807, 2.05) is 43.3 Å². The molecule has 30 heavy (non-hydrogen) atoms. The number of nitrogens with zero attached hydrogens (tertiary/aromatic N) is 3. The van der Waals surface area contributed by atoms with Gasteiger partial charge in [0, 0.05) is 22.4 Å². The molecule has 2 aromatic heterocycles. The Bertz CT molecular complexity index is 1310. The van der Waals surface area contributed by atoms with Crippen LogP contribution in [0.1, 0.15) is 29.2 Å². The summed E-state index contributed by atoms with van der Waals surface area (Å²) in [4.78, 5) is 17.3. The number of ether oxygens (including phenoxy) is 1. The van der Waals surface area contributed by atoms with Crippen molar-refractivity contribution >= 4 is 65.1 Å². The number of carbonyl (C=O) groups is 1. The van der Waals surface area contributed by atoms with Gasteiger partial charge in [-0.25, -0.2) is 4.98 Å². The molecule has 0 saturated heterocycles. The van der Waals surface area contributed by atoms with Crippen LogP contribution in [0.15, 0.2) is 45.3 Å². The van der Waals surface area contributed by atoms with Crippen LogP contribution in [-0.4, -0.2) is 27.8 Å². The number of carbonyl (C=O) groups excluding carboxylic acids is 1. The maximum absolute atomic E-state index is 12.6. The fraction of sp³-hybridized carbons (Fsp3) is 0.190. The minimum atomic E-state index is -0.0896. The number of amides is 1. The molecule has 0 spiro atoms. The van der Waals surface area contributed by atoms with Crippen molar-refractivity contribution in [1.82, 2.24) is 14.8 Å². The van der Waals surface area contributed by atoms with E-state index in [1.54, 1.807) is 23.1 Å². The third kappa shape index (κ3) is 3.25. The van der Waals surface area contributed by atoms with Crippen molar-refractivity contribution in [3.05, 3.63) is 62.2 Å². The molecular weight excluding hydrogens is 532 g/mol. The second-order valence-electron chi connectivity index (χ2n) is 7.07. The standard InChI is InChI=1S/C21H16Br2N4O2S/c1-10-19-13(11-3-6-16(29-2)14(23)7-11)9-18(28)25-20(19)27(26-10)21-24-15-5-4-12(22)8-17(15)30-21/h3-8,13H,9H2,1-2H3,(H,25,28)/t13-/m0/s1. The van der Waals surface area contributed by atoms with Gasteiger partial charge in [-0.3, -0.25) is 4.79 Å². The molecule has 0 bridgehead atoms. The maximum Gasteiger partial charge on any atom is 0.226 e.